The number of amides is 3. The molecule has 1 rings (SSSR count). The van der Waals surface area contributed by atoms with Gasteiger partial charge in [0.25, 0.3) is 11.8 Å². The van der Waals surface area contributed by atoms with E-state index in [9.17, 15) is 14.4 Å². The van der Waals surface area contributed by atoms with Crippen LogP contribution in [0.3, 0.4) is 0 Å². The van der Waals surface area contributed by atoms with Gasteiger partial charge in [-0.25, -0.2) is 10.4 Å². The van der Waals surface area contributed by atoms with Crippen molar-refractivity contribution in [2.24, 2.45) is 11.7 Å². The van der Waals surface area contributed by atoms with Crippen LogP contribution in [0.4, 0.5) is 0 Å². The predicted octanol–water partition coefficient (Wildman–Crippen LogP) is -0.635. The Morgan fingerprint density at radius 3 is 2.39 bits per heavy atom. The van der Waals surface area contributed by atoms with Crippen LogP contribution in [-0.2, 0) is 9.59 Å². The van der Waals surface area contributed by atoms with Crippen LogP contribution in [0.2, 0.25) is 0 Å². The van der Waals surface area contributed by atoms with Gasteiger partial charge in [0.2, 0.25) is 5.91 Å². The van der Waals surface area contributed by atoms with E-state index >= 15 is 0 Å². The Morgan fingerprint density at radius 1 is 1.22 bits per heavy atom. The summed E-state index contributed by atoms with van der Waals surface area (Å²) in [6.45, 7) is 6.50. The number of nitrogens with two attached hydrogens (primary N) is 1. The van der Waals surface area contributed by atoms with Crippen molar-refractivity contribution in [3.63, 3.8) is 0 Å². The summed E-state index contributed by atoms with van der Waals surface area (Å²) in [5.74, 6) is -0.597. The molecular formula is C14H24N6O3. The molecule has 0 unspecified atom stereocenters. The van der Waals surface area contributed by atoms with E-state index < -0.39 is 17.7 Å². The molecule has 0 bridgehead atoms. The van der Waals surface area contributed by atoms with Crippen LogP contribution in [0, 0.1) is 5.92 Å². The Morgan fingerprint density at radius 2 is 1.87 bits per heavy atom. The third-order valence-electron chi connectivity index (χ3n) is 1.93. The number of hydrogen-bond acceptors (Lipinski definition) is 6. The Bertz CT molecular complexity index is 490. The number of nitrogens with one attached hydrogen (secondary N) is 3. The van der Waals surface area contributed by atoms with Gasteiger partial charge in [-0.05, 0) is 5.92 Å². The van der Waals surface area contributed by atoms with Crippen LogP contribution in [-0.4, -0.2) is 40.8 Å². The van der Waals surface area contributed by atoms with Gasteiger partial charge in [-0.3, -0.25) is 24.8 Å². The molecule has 0 aliphatic rings. The van der Waals surface area contributed by atoms with E-state index in [-0.39, 0.29) is 25.2 Å². The minimum Gasteiger partial charge on any atom is -0.370 e. The lowest BCUT2D eigenvalue weighted by Crippen LogP contribution is -2.44. The summed E-state index contributed by atoms with van der Waals surface area (Å²) in [5.41, 5.74) is 9.83. The first kappa shape index (κ1) is 20.5. The first-order valence-electron chi connectivity index (χ1n) is 7.17. The monoisotopic (exact) mass is 324 g/mol. The summed E-state index contributed by atoms with van der Waals surface area (Å²) >= 11 is 0. The molecule has 9 heteroatoms. The van der Waals surface area contributed by atoms with Gasteiger partial charge in [0.1, 0.15) is 5.69 Å². The SMILES string of the molecule is CC(C)C.NC(=O)CCNNC(=O)CNC(=O)c1cnccn1. The van der Waals surface area contributed by atoms with Crippen molar-refractivity contribution in [1.29, 1.82) is 0 Å². The van der Waals surface area contributed by atoms with E-state index in [0.717, 1.165) is 5.92 Å². The van der Waals surface area contributed by atoms with Gasteiger partial charge >= 0.3 is 0 Å². The number of hydrogen-bond donors (Lipinski definition) is 4. The van der Waals surface area contributed by atoms with Gasteiger partial charge in [0.15, 0.2) is 0 Å². The first-order chi connectivity index (χ1) is 10.8. The van der Waals surface area contributed by atoms with Gasteiger partial charge in [-0.2, -0.15) is 0 Å². The quantitative estimate of drug-likeness (QED) is 0.389. The van der Waals surface area contributed by atoms with Crippen LogP contribution in [0.1, 0.15) is 37.7 Å². The van der Waals surface area contributed by atoms with Gasteiger partial charge < -0.3 is 11.1 Å². The molecule has 9 nitrogen and oxygen atoms in total. The van der Waals surface area contributed by atoms with Crippen molar-refractivity contribution < 1.29 is 14.4 Å². The maximum atomic E-state index is 11.5. The summed E-state index contributed by atoms with van der Waals surface area (Å²) in [5, 5.41) is 2.36. The van der Waals surface area contributed by atoms with Crippen molar-refractivity contribution in [3.05, 3.63) is 24.3 Å². The van der Waals surface area contributed by atoms with Crippen LogP contribution in [0.25, 0.3) is 0 Å². The molecule has 23 heavy (non-hydrogen) atoms. The zero-order valence-electron chi connectivity index (χ0n) is 13.6. The minimum absolute atomic E-state index is 0.103. The largest absolute Gasteiger partial charge is 0.370 e. The summed E-state index contributed by atoms with van der Waals surface area (Å²) in [4.78, 5) is 40.7. The van der Waals surface area contributed by atoms with Crippen LogP contribution >= 0.6 is 0 Å². The molecule has 128 valence electrons. The maximum Gasteiger partial charge on any atom is 0.271 e. The Hall–Kier alpha value is -2.55. The molecule has 0 aliphatic heterocycles. The summed E-state index contributed by atoms with van der Waals surface area (Å²) in [6, 6.07) is 0. The van der Waals surface area contributed by atoms with Crippen LogP contribution in [0.15, 0.2) is 18.6 Å². The van der Waals surface area contributed by atoms with Crippen molar-refractivity contribution in [1.82, 2.24) is 26.1 Å². The number of primary amides is 1. The normalized spacial score (nSPS) is 9.57. The number of aromatic nitrogens is 2. The minimum atomic E-state index is -0.500. The average Bonchev–Trinajstić information content (AvgIpc) is 2.49. The lowest BCUT2D eigenvalue weighted by atomic mass is 10.3. The molecular weight excluding hydrogens is 300 g/mol. The van der Waals surface area contributed by atoms with E-state index in [0.29, 0.717) is 0 Å². The molecule has 1 aromatic rings. The number of carbonyl (C=O) groups is 3. The van der Waals surface area contributed by atoms with E-state index in [1.165, 1.54) is 18.6 Å². The van der Waals surface area contributed by atoms with Crippen LogP contribution in [0.5, 0.6) is 0 Å². The number of carbonyl (C=O) groups excluding carboxylic acids is 3. The first-order valence-corrected chi connectivity index (χ1v) is 7.17. The second-order valence-electron chi connectivity index (χ2n) is 5.20. The molecule has 0 radical (unpaired) electrons. The smallest absolute Gasteiger partial charge is 0.271 e. The van der Waals surface area contributed by atoms with Gasteiger partial charge in [-0.15, -0.1) is 0 Å². The highest BCUT2D eigenvalue weighted by Gasteiger charge is 2.08. The molecule has 0 aromatic carbocycles. The number of nitrogens with zero attached hydrogens (tertiary/aromatic N) is 2. The zero-order chi connectivity index (χ0) is 17.7. The molecule has 1 aromatic heterocycles. The Kier molecular flexibility index (Phi) is 10.7. The van der Waals surface area contributed by atoms with Gasteiger partial charge in [0.05, 0.1) is 12.7 Å². The summed E-state index contributed by atoms with van der Waals surface area (Å²) in [7, 11) is 0. The molecule has 0 aliphatic carbocycles. The molecule has 0 saturated heterocycles. The molecule has 0 fully saturated rings. The highest BCUT2D eigenvalue weighted by molar-refractivity contribution is 5.94. The number of rotatable bonds is 7. The fourth-order valence-corrected chi connectivity index (χ4v) is 1.06. The highest BCUT2D eigenvalue weighted by atomic mass is 16.2. The molecule has 0 atom stereocenters. The van der Waals surface area contributed by atoms with E-state index in [2.05, 4.69) is 46.9 Å². The van der Waals surface area contributed by atoms with Crippen molar-refractivity contribution >= 4 is 17.7 Å². The zero-order valence-corrected chi connectivity index (χ0v) is 13.6. The fourth-order valence-electron chi connectivity index (χ4n) is 1.06. The number of hydrazine groups is 1. The van der Waals surface area contributed by atoms with E-state index in [1.54, 1.807) is 0 Å². The lowest BCUT2D eigenvalue weighted by molar-refractivity contribution is -0.122. The van der Waals surface area contributed by atoms with Gasteiger partial charge in [0, 0.05) is 25.4 Å². The van der Waals surface area contributed by atoms with Crippen molar-refractivity contribution in [3.8, 4) is 0 Å². The molecule has 5 N–H and O–H groups in total. The second-order valence-corrected chi connectivity index (χ2v) is 5.20. The fraction of sp³-hybridized carbons (Fsp3) is 0.500. The lowest BCUT2D eigenvalue weighted by Gasteiger charge is -2.07. The predicted molar refractivity (Wildman–Crippen MR) is 84.8 cm³/mol. The van der Waals surface area contributed by atoms with Crippen molar-refractivity contribution in [2.45, 2.75) is 27.2 Å². The Balaban J connectivity index is 0.00000108. The molecule has 1 heterocycles. The third kappa shape index (κ3) is 12.9. The standard InChI is InChI=1S/C10H14N6O3.C4H10/c11-8(17)1-2-15-16-9(18)6-14-10(19)7-5-12-3-4-13-7;1-4(2)3/h3-5,15H,1-2,6H2,(H2,11,17)(H,14,19)(H,16,18);4H,1-3H3. The Labute approximate surface area is 135 Å². The molecule has 0 saturated carbocycles. The third-order valence-corrected chi connectivity index (χ3v) is 1.93. The average molecular weight is 324 g/mol. The summed E-state index contributed by atoms with van der Waals surface area (Å²) in [6.07, 6.45) is 4.21. The van der Waals surface area contributed by atoms with E-state index in [4.69, 9.17) is 5.73 Å². The summed E-state index contributed by atoms with van der Waals surface area (Å²) < 4.78 is 0. The maximum absolute atomic E-state index is 11.5. The van der Waals surface area contributed by atoms with Gasteiger partial charge in [-0.1, -0.05) is 20.8 Å². The molecule has 3 amide bonds. The highest BCUT2D eigenvalue weighted by Crippen LogP contribution is 1.88. The van der Waals surface area contributed by atoms with E-state index in [1.807, 2.05) is 0 Å². The topological polar surface area (TPSA) is 139 Å². The van der Waals surface area contributed by atoms with Crippen LogP contribution < -0.4 is 21.9 Å². The second kappa shape index (κ2) is 12.0. The van der Waals surface area contributed by atoms with Crippen molar-refractivity contribution in [2.75, 3.05) is 13.1 Å². The molecule has 0 spiro atoms.